The maximum Gasteiger partial charge on any atom is 0.237 e. The largest absolute Gasteiger partial charge is 0.545 e. The van der Waals surface area contributed by atoms with E-state index < -0.39 is 23.1 Å². The number of aromatic carboxylic acids is 2. The van der Waals surface area contributed by atoms with Crippen molar-refractivity contribution in [3.05, 3.63) is 29.3 Å². The van der Waals surface area contributed by atoms with Crippen molar-refractivity contribution < 1.29 is 29.4 Å². The number of benzene rings is 1. The molecule has 7 nitrogen and oxygen atoms in total. The zero-order valence-electron chi connectivity index (χ0n) is 12.6. The summed E-state index contributed by atoms with van der Waals surface area (Å²) in [5, 5.41) is 22.2. The minimum Gasteiger partial charge on any atom is -0.545 e. The number of nitrogens with zero attached hydrogens (tertiary/aromatic N) is 1. The van der Waals surface area contributed by atoms with Crippen molar-refractivity contribution in [1.29, 1.82) is 0 Å². The molecular formula is C17H13NO6-2. The Morgan fingerprint density at radius 1 is 0.875 bits per heavy atom. The summed E-state index contributed by atoms with van der Waals surface area (Å²) in [4.78, 5) is 48.6. The van der Waals surface area contributed by atoms with Crippen LogP contribution in [0, 0.1) is 23.7 Å². The number of amides is 2. The van der Waals surface area contributed by atoms with Crippen molar-refractivity contribution in [3.8, 4) is 0 Å². The summed E-state index contributed by atoms with van der Waals surface area (Å²) in [5.41, 5.74) is -0.862. The highest BCUT2D eigenvalue weighted by molar-refractivity contribution is 6.23. The lowest BCUT2D eigenvalue weighted by molar-refractivity contribution is -0.255. The summed E-state index contributed by atoms with van der Waals surface area (Å²) in [6, 6.07) is 3.09. The van der Waals surface area contributed by atoms with E-state index in [1.807, 2.05) is 0 Å². The molecule has 7 heteroatoms. The fourth-order valence-electron chi connectivity index (χ4n) is 4.64. The molecule has 4 atom stereocenters. The molecule has 3 aliphatic rings. The molecule has 0 unspecified atom stereocenters. The van der Waals surface area contributed by atoms with Crippen molar-refractivity contribution >= 4 is 29.4 Å². The second kappa shape index (κ2) is 4.90. The predicted octanol–water partition coefficient (Wildman–Crippen LogP) is -1.05. The number of rotatable bonds is 3. The standard InChI is InChI=1S/C17H15NO6/c19-14-12-7-1-2-8(3-7)13(12)15(20)18(14)11-5-9(16(21)22)4-10(6-11)17(23)24/h4-8,12-13H,1-3H2,(H,21,22)(H,23,24)/p-2/t7-,8-,12-,13+/m0/s1. The summed E-state index contributed by atoms with van der Waals surface area (Å²) in [7, 11) is 0. The number of imide groups is 1. The molecule has 24 heavy (non-hydrogen) atoms. The normalized spacial score (nSPS) is 30.8. The minimum absolute atomic E-state index is 0.0419. The SMILES string of the molecule is O=C([O-])c1cc(C(=O)[O-])cc(N2C(=O)[C@@H]3[C@H]4CC[C@@H](C4)[C@@H]3C2=O)c1. The molecule has 124 valence electrons. The van der Waals surface area contributed by atoms with Crippen LogP contribution in [0.2, 0.25) is 0 Å². The van der Waals surface area contributed by atoms with Crippen molar-refractivity contribution in [3.63, 3.8) is 0 Å². The van der Waals surface area contributed by atoms with E-state index in [2.05, 4.69) is 0 Å². The molecule has 4 rings (SSSR count). The van der Waals surface area contributed by atoms with Gasteiger partial charge in [0.05, 0.1) is 29.5 Å². The zero-order chi connectivity index (χ0) is 17.2. The molecule has 3 fully saturated rings. The van der Waals surface area contributed by atoms with Crippen LogP contribution in [0.25, 0.3) is 0 Å². The van der Waals surface area contributed by atoms with Gasteiger partial charge in [-0.3, -0.25) is 9.59 Å². The fourth-order valence-corrected chi connectivity index (χ4v) is 4.64. The van der Waals surface area contributed by atoms with Crippen molar-refractivity contribution in [2.24, 2.45) is 23.7 Å². The Labute approximate surface area is 136 Å². The van der Waals surface area contributed by atoms with Crippen molar-refractivity contribution in [2.75, 3.05) is 4.90 Å². The average Bonchev–Trinajstić information content (AvgIpc) is 3.21. The van der Waals surface area contributed by atoms with Crippen LogP contribution in [0.4, 0.5) is 5.69 Å². The van der Waals surface area contributed by atoms with E-state index in [0.717, 1.165) is 42.4 Å². The van der Waals surface area contributed by atoms with E-state index in [1.54, 1.807) is 0 Å². The number of anilines is 1. The molecule has 2 aliphatic carbocycles. The van der Waals surface area contributed by atoms with Crippen molar-refractivity contribution in [1.82, 2.24) is 0 Å². The number of carbonyl (C=O) groups is 4. The van der Waals surface area contributed by atoms with E-state index in [9.17, 15) is 29.4 Å². The van der Waals surface area contributed by atoms with Crippen LogP contribution in [0.15, 0.2) is 18.2 Å². The van der Waals surface area contributed by atoms with Crippen LogP contribution >= 0.6 is 0 Å². The Balaban J connectivity index is 1.79. The molecular weight excluding hydrogens is 314 g/mol. The molecule has 2 amide bonds. The van der Waals surface area contributed by atoms with Gasteiger partial charge in [0.2, 0.25) is 11.8 Å². The maximum atomic E-state index is 12.7. The quantitative estimate of drug-likeness (QED) is 0.654. The third-order valence-corrected chi connectivity index (χ3v) is 5.57. The van der Waals surface area contributed by atoms with Gasteiger partial charge in [0.1, 0.15) is 0 Å². The Morgan fingerprint density at radius 3 is 1.75 bits per heavy atom. The van der Waals surface area contributed by atoms with Gasteiger partial charge in [-0.05, 0) is 60.4 Å². The monoisotopic (exact) mass is 327 g/mol. The fraction of sp³-hybridized carbons (Fsp3) is 0.412. The molecule has 2 bridgehead atoms. The number of carboxylic acid groups (broad SMARTS) is 2. The third-order valence-electron chi connectivity index (χ3n) is 5.57. The Bertz CT molecular complexity index is 740. The van der Waals surface area contributed by atoms with E-state index in [4.69, 9.17) is 0 Å². The Morgan fingerprint density at radius 2 is 1.33 bits per heavy atom. The average molecular weight is 327 g/mol. The summed E-state index contributed by atoms with van der Waals surface area (Å²) >= 11 is 0. The van der Waals surface area contributed by atoms with Gasteiger partial charge in [-0.1, -0.05) is 0 Å². The van der Waals surface area contributed by atoms with Gasteiger partial charge < -0.3 is 19.8 Å². The topological polar surface area (TPSA) is 118 Å². The van der Waals surface area contributed by atoms with Crippen molar-refractivity contribution in [2.45, 2.75) is 19.3 Å². The highest BCUT2D eigenvalue weighted by Crippen LogP contribution is 2.56. The lowest BCUT2D eigenvalue weighted by atomic mass is 9.81. The number of hydrogen-bond donors (Lipinski definition) is 0. The smallest absolute Gasteiger partial charge is 0.237 e. The second-order valence-electron chi connectivity index (χ2n) is 6.74. The summed E-state index contributed by atoms with van der Waals surface area (Å²) in [6.45, 7) is 0. The molecule has 2 saturated carbocycles. The lowest BCUT2D eigenvalue weighted by Crippen LogP contribution is -2.34. The molecule has 1 saturated heterocycles. The van der Waals surface area contributed by atoms with Gasteiger partial charge >= 0.3 is 0 Å². The highest BCUT2D eigenvalue weighted by Gasteiger charge is 2.61. The van der Waals surface area contributed by atoms with E-state index >= 15 is 0 Å². The molecule has 0 spiro atoms. The molecule has 1 heterocycles. The van der Waals surface area contributed by atoms with Gasteiger partial charge in [0.15, 0.2) is 0 Å². The van der Waals surface area contributed by atoms with Gasteiger partial charge in [-0.25, -0.2) is 4.90 Å². The van der Waals surface area contributed by atoms with E-state index in [-0.39, 0.29) is 41.2 Å². The molecule has 0 radical (unpaired) electrons. The number of carbonyl (C=O) groups excluding carboxylic acids is 4. The minimum atomic E-state index is -1.58. The Kier molecular flexibility index (Phi) is 3.03. The zero-order valence-corrected chi connectivity index (χ0v) is 12.6. The number of hydrogen-bond acceptors (Lipinski definition) is 6. The van der Waals surface area contributed by atoms with Gasteiger partial charge in [0.25, 0.3) is 0 Å². The summed E-state index contributed by atoms with van der Waals surface area (Å²) in [5.74, 6) is -4.26. The third kappa shape index (κ3) is 1.90. The highest BCUT2D eigenvalue weighted by atomic mass is 16.4. The first kappa shape index (κ1) is 14.9. The van der Waals surface area contributed by atoms with E-state index in [1.165, 1.54) is 0 Å². The van der Waals surface area contributed by atoms with Crippen LogP contribution in [-0.4, -0.2) is 23.8 Å². The summed E-state index contributed by atoms with van der Waals surface area (Å²) < 4.78 is 0. The molecule has 0 aromatic heterocycles. The van der Waals surface area contributed by atoms with Gasteiger partial charge in [0, 0.05) is 0 Å². The molecule has 0 N–H and O–H groups in total. The number of carboxylic acids is 2. The number of fused-ring (bicyclic) bond motifs is 5. The first-order chi connectivity index (χ1) is 11.4. The van der Waals surface area contributed by atoms with Crippen LogP contribution in [0.1, 0.15) is 40.0 Å². The maximum absolute atomic E-state index is 12.7. The van der Waals surface area contributed by atoms with Gasteiger partial charge in [-0.2, -0.15) is 0 Å². The van der Waals surface area contributed by atoms with Crippen LogP contribution < -0.4 is 15.1 Å². The molecule has 1 aliphatic heterocycles. The Hall–Kier alpha value is -2.70. The van der Waals surface area contributed by atoms with Crippen LogP contribution in [0.5, 0.6) is 0 Å². The second-order valence-corrected chi connectivity index (χ2v) is 6.74. The van der Waals surface area contributed by atoms with Gasteiger partial charge in [-0.15, -0.1) is 0 Å². The lowest BCUT2D eigenvalue weighted by Gasteiger charge is -2.20. The van der Waals surface area contributed by atoms with Crippen LogP contribution in [0.3, 0.4) is 0 Å². The predicted molar refractivity (Wildman–Crippen MR) is 75.4 cm³/mol. The van der Waals surface area contributed by atoms with Crippen LogP contribution in [-0.2, 0) is 9.59 Å². The molecule has 1 aromatic rings. The molecule has 1 aromatic carbocycles. The first-order valence-corrected chi connectivity index (χ1v) is 7.84. The summed E-state index contributed by atoms with van der Waals surface area (Å²) in [6.07, 6.45) is 2.72. The first-order valence-electron chi connectivity index (χ1n) is 7.84. The van der Waals surface area contributed by atoms with E-state index in [0.29, 0.717) is 0 Å².